The van der Waals surface area contributed by atoms with Gasteiger partial charge in [0.15, 0.2) is 5.78 Å². The molecule has 0 aromatic heterocycles. The number of ketones is 1. The molecule has 0 amide bonds. The van der Waals surface area contributed by atoms with E-state index < -0.39 is 34.6 Å². The van der Waals surface area contributed by atoms with Crippen LogP contribution in [0.5, 0.6) is 0 Å². The lowest BCUT2D eigenvalue weighted by molar-refractivity contribution is -0.226. The van der Waals surface area contributed by atoms with Crippen molar-refractivity contribution in [1.82, 2.24) is 0 Å². The molecule has 0 aromatic rings. The van der Waals surface area contributed by atoms with Crippen molar-refractivity contribution in [2.45, 2.75) is 81.9 Å². The fraction of sp³-hybridized carbons (Fsp3) is 0.826. The highest BCUT2D eigenvalue weighted by Crippen LogP contribution is 2.76. The predicted octanol–water partition coefficient (Wildman–Crippen LogP) is 0.885. The zero-order chi connectivity index (χ0) is 21.3. The standard InChI is InChI=1S/C23H30O7/c1-20-5-3-13(24)8-12(20)9-15-23(30-15)18(20)17(26)19(27)21(2)14(4-6-22(21,23)28)11-7-16(25)29-10-11/h7,12-15,17-18,24,26,28H,3-6,8-10H2,1-2H3/t12-,13-,14+,15-,17?,18?,20-,21-,22+,23?/m0/s1. The van der Waals surface area contributed by atoms with Gasteiger partial charge < -0.3 is 24.8 Å². The number of hydrogen-bond donors (Lipinski definition) is 3. The van der Waals surface area contributed by atoms with Crippen molar-refractivity contribution in [3.8, 4) is 0 Å². The zero-order valence-electron chi connectivity index (χ0n) is 17.5. The second-order valence-corrected chi connectivity index (χ2v) is 11.0. The number of hydrogen-bond acceptors (Lipinski definition) is 7. The number of rotatable bonds is 1. The summed E-state index contributed by atoms with van der Waals surface area (Å²) in [5.74, 6) is -1.44. The normalized spacial score (nSPS) is 58.9. The van der Waals surface area contributed by atoms with E-state index in [1.165, 1.54) is 6.08 Å². The van der Waals surface area contributed by atoms with E-state index in [1.807, 2.05) is 0 Å². The van der Waals surface area contributed by atoms with Crippen LogP contribution in [0, 0.1) is 28.6 Å². The van der Waals surface area contributed by atoms with Crippen molar-refractivity contribution in [2.24, 2.45) is 28.6 Å². The van der Waals surface area contributed by atoms with E-state index in [0.717, 1.165) is 12.0 Å². The molecule has 30 heavy (non-hydrogen) atoms. The van der Waals surface area contributed by atoms with Crippen LogP contribution in [0.15, 0.2) is 11.6 Å². The molecule has 1 spiro atoms. The van der Waals surface area contributed by atoms with E-state index in [1.54, 1.807) is 6.92 Å². The van der Waals surface area contributed by atoms with Gasteiger partial charge in [0.2, 0.25) is 0 Å². The molecule has 2 aliphatic heterocycles. The van der Waals surface area contributed by atoms with Gasteiger partial charge in [0.1, 0.15) is 23.9 Å². The molecule has 164 valence electrons. The van der Waals surface area contributed by atoms with Gasteiger partial charge in [-0.05, 0) is 68.3 Å². The molecule has 7 heteroatoms. The Balaban J connectivity index is 1.47. The Hall–Kier alpha value is -1.28. The van der Waals surface area contributed by atoms with Crippen LogP contribution in [0.4, 0.5) is 0 Å². The van der Waals surface area contributed by atoms with Gasteiger partial charge in [-0.15, -0.1) is 0 Å². The lowest BCUT2D eigenvalue weighted by Gasteiger charge is -2.62. The van der Waals surface area contributed by atoms with E-state index >= 15 is 0 Å². The highest BCUT2D eigenvalue weighted by Gasteiger charge is 2.88. The number of esters is 1. The van der Waals surface area contributed by atoms with E-state index in [-0.39, 0.29) is 41.8 Å². The number of carbonyl (C=O) groups is 2. The minimum Gasteiger partial charge on any atom is -0.458 e. The maximum Gasteiger partial charge on any atom is 0.331 e. The summed E-state index contributed by atoms with van der Waals surface area (Å²) in [5.41, 5.74) is -3.21. The van der Waals surface area contributed by atoms with Crippen molar-refractivity contribution in [1.29, 1.82) is 0 Å². The Bertz CT molecular complexity index is 883. The molecule has 5 fully saturated rings. The molecule has 4 saturated carbocycles. The lowest BCUT2D eigenvalue weighted by Crippen LogP contribution is -2.75. The summed E-state index contributed by atoms with van der Waals surface area (Å²) in [6.07, 6.45) is 3.30. The molecule has 3 N–H and O–H groups in total. The topological polar surface area (TPSA) is 117 Å². The first-order valence-corrected chi connectivity index (χ1v) is 11.3. The zero-order valence-corrected chi connectivity index (χ0v) is 17.5. The van der Waals surface area contributed by atoms with Crippen molar-refractivity contribution in [3.05, 3.63) is 11.6 Å². The average Bonchev–Trinajstić information content (AvgIpc) is 3.14. The molecule has 1 saturated heterocycles. The first-order valence-electron chi connectivity index (χ1n) is 11.3. The highest BCUT2D eigenvalue weighted by atomic mass is 16.6. The van der Waals surface area contributed by atoms with Crippen molar-refractivity contribution in [2.75, 3.05) is 6.61 Å². The summed E-state index contributed by atoms with van der Waals surface area (Å²) in [6, 6.07) is 0. The molecule has 0 aromatic carbocycles. The molecule has 4 aliphatic carbocycles. The first-order chi connectivity index (χ1) is 14.1. The quantitative estimate of drug-likeness (QED) is 0.428. The third-order valence-corrected chi connectivity index (χ3v) is 10.2. The molecule has 6 rings (SSSR count). The van der Waals surface area contributed by atoms with Crippen LogP contribution in [0.3, 0.4) is 0 Å². The van der Waals surface area contributed by atoms with Crippen LogP contribution in [0.25, 0.3) is 0 Å². The summed E-state index contributed by atoms with van der Waals surface area (Å²) in [6.45, 7) is 3.99. The van der Waals surface area contributed by atoms with Gasteiger partial charge in [0, 0.05) is 12.0 Å². The number of aliphatic hydroxyl groups excluding tert-OH is 2. The number of cyclic esters (lactones) is 1. The summed E-state index contributed by atoms with van der Waals surface area (Å²) in [7, 11) is 0. The maximum absolute atomic E-state index is 13.8. The SMILES string of the molecule is C[C@]12CC[C@H](O)C[C@H]1C[C@@H]1OC13C2C(O)C(=O)[C@]1(C)[C@@H](C2=CC(=O)OC2)CC[C@]31O. The molecular formula is C23H30O7. The second-order valence-electron chi connectivity index (χ2n) is 11.0. The molecular weight excluding hydrogens is 388 g/mol. The third-order valence-electron chi connectivity index (χ3n) is 10.2. The minimum atomic E-state index is -1.40. The van der Waals surface area contributed by atoms with Crippen LogP contribution in [-0.2, 0) is 19.1 Å². The molecule has 0 radical (unpaired) electrons. The summed E-state index contributed by atoms with van der Waals surface area (Å²) in [5, 5.41) is 33.9. The van der Waals surface area contributed by atoms with Gasteiger partial charge in [-0.1, -0.05) is 6.92 Å². The number of ether oxygens (including phenoxy) is 2. The largest absolute Gasteiger partial charge is 0.458 e. The van der Waals surface area contributed by atoms with Crippen molar-refractivity contribution >= 4 is 11.8 Å². The summed E-state index contributed by atoms with van der Waals surface area (Å²) < 4.78 is 11.4. The van der Waals surface area contributed by atoms with Crippen LogP contribution >= 0.6 is 0 Å². The van der Waals surface area contributed by atoms with Crippen LogP contribution in [0.1, 0.15) is 52.4 Å². The number of epoxide rings is 1. The smallest absolute Gasteiger partial charge is 0.331 e. The molecule has 10 atom stereocenters. The number of fused-ring (bicyclic) bond motifs is 3. The van der Waals surface area contributed by atoms with E-state index in [2.05, 4.69) is 6.92 Å². The fourth-order valence-electron chi connectivity index (χ4n) is 8.61. The van der Waals surface area contributed by atoms with Crippen molar-refractivity contribution in [3.63, 3.8) is 0 Å². The minimum absolute atomic E-state index is 0.136. The molecule has 2 heterocycles. The molecule has 6 aliphatic rings. The van der Waals surface area contributed by atoms with Gasteiger partial charge in [-0.25, -0.2) is 4.79 Å². The lowest BCUT2D eigenvalue weighted by atomic mass is 9.41. The Morgan fingerprint density at radius 3 is 2.57 bits per heavy atom. The average molecular weight is 418 g/mol. The van der Waals surface area contributed by atoms with E-state index in [4.69, 9.17) is 9.47 Å². The van der Waals surface area contributed by atoms with E-state index in [0.29, 0.717) is 32.1 Å². The maximum atomic E-state index is 13.8. The number of aliphatic hydroxyl groups is 3. The Kier molecular flexibility index (Phi) is 3.59. The highest BCUT2D eigenvalue weighted by molar-refractivity contribution is 5.94. The van der Waals surface area contributed by atoms with Gasteiger partial charge in [-0.3, -0.25) is 4.79 Å². The number of Topliss-reactive ketones (excluding diaryl/α,β-unsaturated/α-hetero) is 1. The van der Waals surface area contributed by atoms with Crippen molar-refractivity contribution < 1.29 is 34.4 Å². The summed E-state index contributed by atoms with van der Waals surface area (Å²) in [4.78, 5) is 25.5. The van der Waals surface area contributed by atoms with E-state index in [9.17, 15) is 24.9 Å². The first kappa shape index (κ1) is 19.4. The van der Waals surface area contributed by atoms with Gasteiger partial charge >= 0.3 is 5.97 Å². The Labute approximate surface area is 175 Å². The van der Waals surface area contributed by atoms with Gasteiger partial charge in [0.25, 0.3) is 0 Å². The number of carbonyl (C=O) groups excluding carboxylic acids is 2. The third kappa shape index (κ3) is 1.89. The van der Waals surface area contributed by atoms with Gasteiger partial charge in [-0.2, -0.15) is 0 Å². The molecule has 7 nitrogen and oxygen atoms in total. The molecule has 3 unspecified atom stereocenters. The van der Waals surface area contributed by atoms with Crippen LogP contribution < -0.4 is 0 Å². The fourth-order valence-corrected chi connectivity index (χ4v) is 8.61. The summed E-state index contributed by atoms with van der Waals surface area (Å²) >= 11 is 0. The Morgan fingerprint density at radius 2 is 1.87 bits per heavy atom. The van der Waals surface area contributed by atoms with Crippen LogP contribution in [0.2, 0.25) is 0 Å². The monoisotopic (exact) mass is 418 g/mol. The predicted molar refractivity (Wildman–Crippen MR) is 103 cm³/mol. The second kappa shape index (κ2) is 5.55. The Morgan fingerprint density at radius 1 is 1.10 bits per heavy atom. The molecule has 0 bridgehead atoms. The van der Waals surface area contributed by atoms with Crippen LogP contribution in [-0.4, -0.2) is 63.2 Å². The van der Waals surface area contributed by atoms with Gasteiger partial charge in [0.05, 0.1) is 17.6 Å².